The van der Waals surface area contributed by atoms with E-state index in [4.69, 9.17) is 5.11 Å². The highest BCUT2D eigenvalue weighted by molar-refractivity contribution is 5.83. The van der Waals surface area contributed by atoms with E-state index in [-0.39, 0.29) is 5.69 Å². The van der Waals surface area contributed by atoms with Gasteiger partial charge in [-0.25, -0.2) is 9.48 Å². The summed E-state index contributed by atoms with van der Waals surface area (Å²) in [4.78, 5) is 13.6. The van der Waals surface area contributed by atoms with Crippen LogP contribution in [0.3, 0.4) is 0 Å². The van der Waals surface area contributed by atoms with Crippen molar-refractivity contribution in [3.8, 4) is 5.69 Å². The number of halogens is 3. The van der Waals surface area contributed by atoms with Gasteiger partial charge in [-0.3, -0.25) is 0 Å². The first-order valence-corrected chi connectivity index (χ1v) is 4.72. The van der Waals surface area contributed by atoms with E-state index in [0.717, 1.165) is 0 Å². The average Bonchev–Trinajstić information content (AvgIpc) is 2.74. The number of nitrogens with zero attached hydrogens (tertiary/aromatic N) is 3. The Hall–Kier alpha value is -2.38. The molecule has 0 fully saturated rings. The number of benzene rings is 1. The van der Waals surface area contributed by atoms with Crippen LogP contribution in [0.2, 0.25) is 0 Å². The number of carbonyl (C=O) groups is 1. The molecule has 8 heteroatoms. The van der Waals surface area contributed by atoms with Gasteiger partial charge in [0.25, 0.3) is 5.82 Å². The molecule has 94 valence electrons. The molecule has 2 rings (SSSR count). The van der Waals surface area contributed by atoms with Crippen LogP contribution in [-0.4, -0.2) is 25.8 Å². The summed E-state index contributed by atoms with van der Waals surface area (Å²) in [6.07, 6.45) is -4.78. The van der Waals surface area contributed by atoms with Gasteiger partial charge in [0.15, 0.2) is 0 Å². The predicted molar refractivity (Wildman–Crippen MR) is 53.3 cm³/mol. The molecule has 0 atom stereocenters. The van der Waals surface area contributed by atoms with Gasteiger partial charge in [-0.1, -0.05) is 18.2 Å². The highest BCUT2D eigenvalue weighted by Gasteiger charge is 2.39. The van der Waals surface area contributed by atoms with Crippen molar-refractivity contribution in [1.29, 1.82) is 0 Å². The fourth-order valence-electron chi connectivity index (χ4n) is 1.34. The molecule has 1 heterocycles. The molecule has 0 amide bonds. The summed E-state index contributed by atoms with van der Waals surface area (Å²) in [5, 5.41) is 12.0. The highest BCUT2D eigenvalue weighted by atomic mass is 19.4. The number of rotatable bonds is 2. The predicted octanol–water partition coefficient (Wildman–Crippen LogP) is 1.98. The first-order valence-electron chi connectivity index (χ1n) is 4.72. The van der Waals surface area contributed by atoms with Crippen molar-refractivity contribution in [3.05, 3.63) is 42.0 Å². The van der Waals surface area contributed by atoms with Crippen LogP contribution in [-0.2, 0) is 6.18 Å². The molecule has 0 aliphatic heterocycles. The van der Waals surface area contributed by atoms with Crippen LogP contribution in [0.4, 0.5) is 13.2 Å². The molecule has 0 aliphatic rings. The lowest BCUT2D eigenvalue weighted by Crippen LogP contribution is -2.14. The molecule has 1 aromatic heterocycles. The van der Waals surface area contributed by atoms with E-state index < -0.39 is 23.8 Å². The first-order chi connectivity index (χ1) is 8.39. The maximum absolute atomic E-state index is 12.7. The number of para-hydroxylation sites is 1. The SMILES string of the molecule is O=C(O)c1nc(C(F)(F)F)n(-c2ccccc2)n1. The van der Waals surface area contributed by atoms with E-state index in [0.29, 0.717) is 4.68 Å². The number of carboxylic acid groups (broad SMARTS) is 1. The largest absolute Gasteiger partial charge is 0.475 e. The molecule has 0 saturated carbocycles. The van der Waals surface area contributed by atoms with Gasteiger partial charge in [0.1, 0.15) is 0 Å². The molecule has 0 aliphatic carbocycles. The monoisotopic (exact) mass is 257 g/mol. The maximum Gasteiger partial charge on any atom is 0.451 e. The van der Waals surface area contributed by atoms with Crippen molar-refractivity contribution >= 4 is 5.97 Å². The van der Waals surface area contributed by atoms with Gasteiger partial charge in [-0.05, 0) is 12.1 Å². The lowest BCUT2D eigenvalue weighted by Gasteiger charge is -2.07. The van der Waals surface area contributed by atoms with Crippen LogP contribution in [0.5, 0.6) is 0 Å². The van der Waals surface area contributed by atoms with Crippen molar-refractivity contribution in [2.24, 2.45) is 0 Å². The Morgan fingerprint density at radius 2 is 1.83 bits per heavy atom. The summed E-state index contributed by atoms with van der Waals surface area (Å²) in [6.45, 7) is 0. The first kappa shape index (κ1) is 12.1. The summed E-state index contributed by atoms with van der Waals surface area (Å²) in [5.74, 6) is -3.88. The molecule has 0 saturated heterocycles. The molecule has 0 spiro atoms. The van der Waals surface area contributed by atoms with Crippen LogP contribution in [0.15, 0.2) is 30.3 Å². The van der Waals surface area contributed by atoms with Gasteiger partial charge in [-0.15, -0.1) is 5.10 Å². The van der Waals surface area contributed by atoms with Crippen LogP contribution in [0.25, 0.3) is 5.69 Å². The van der Waals surface area contributed by atoms with Crippen molar-refractivity contribution in [3.63, 3.8) is 0 Å². The lowest BCUT2D eigenvalue weighted by atomic mass is 10.3. The maximum atomic E-state index is 12.7. The highest BCUT2D eigenvalue weighted by Crippen LogP contribution is 2.29. The molecular weight excluding hydrogens is 251 g/mol. The number of aromatic carboxylic acids is 1. The third-order valence-corrected chi connectivity index (χ3v) is 2.05. The Morgan fingerprint density at radius 3 is 2.33 bits per heavy atom. The van der Waals surface area contributed by atoms with Gasteiger partial charge in [0.05, 0.1) is 5.69 Å². The van der Waals surface area contributed by atoms with Crippen molar-refractivity contribution < 1.29 is 23.1 Å². The van der Waals surface area contributed by atoms with Crippen molar-refractivity contribution in [2.45, 2.75) is 6.18 Å². The third kappa shape index (κ3) is 2.17. The molecule has 0 unspecified atom stereocenters. The van der Waals surface area contributed by atoms with Crippen molar-refractivity contribution in [2.75, 3.05) is 0 Å². The second kappa shape index (κ2) is 4.13. The molecule has 0 bridgehead atoms. The molecule has 2 aromatic rings. The Kier molecular flexibility index (Phi) is 2.77. The molecular formula is C10H6F3N3O2. The second-order valence-corrected chi connectivity index (χ2v) is 3.31. The van der Waals surface area contributed by atoms with E-state index in [2.05, 4.69) is 10.1 Å². The number of aromatic nitrogens is 3. The average molecular weight is 257 g/mol. The van der Waals surface area contributed by atoms with Gasteiger partial charge >= 0.3 is 12.1 Å². The Labute approximate surface area is 98.5 Å². The standard InChI is InChI=1S/C10H6F3N3O2/c11-10(12,13)9-14-7(8(17)18)15-16(9)6-4-2-1-3-5-6/h1-5H,(H,17,18). The zero-order valence-corrected chi connectivity index (χ0v) is 8.72. The van der Waals surface area contributed by atoms with Crippen LogP contribution >= 0.6 is 0 Å². The number of carboxylic acids is 1. The van der Waals surface area contributed by atoms with E-state index in [1.165, 1.54) is 24.3 Å². The van der Waals surface area contributed by atoms with Crippen LogP contribution < -0.4 is 0 Å². The Bertz CT molecular complexity index is 578. The summed E-state index contributed by atoms with van der Waals surface area (Å²) in [5.41, 5.74) is 0.0878. The second-order valence-electron chi connectivity index (χ2n) is 3.31. The third-order valence-electron chi connectivity index (χ3n) is 2.05. The minimum Gasteiger partial charge on any atom is -0.475 e. The minimum atomic E-state index is -4.78. The topological polar surface area (TPSA) is 68.0 Å². The Morgan fingerprint density at radius 1 is 1.22 bits per heavy atom. The van der Waals surface area contributed by atoms with Gasteiger partial charge < -0.3 is 5.11 Å². The normalized spacial score (nSPS) is 11.5. The van der Waals surface area contributed by atoms with Crippen LogP contribution in [0.1, 0.15) is 16.4 Å². The molecule has 5 nitrogen and oxygen atoms in total. The quantitative estimate of drug-likeness (QED) is 0.893. The summed E-state index contributed by atoms with van der Waals surface area (Å²) in [6, 6.07) is 7.38. The minimum absolute atomic E-state index is 0.0878. The fraction of sp³-hybridized carbons (Fsp3) is 0.100. The van der Waals surface area contributed by atoms with Gasteiger partial charge in [-0.2, -0.15) is 18.2 Å². The van der Waals surface area contributed by atoms with E-state index in [1.807, 2.05) is 0 Å². The van der Waals surface area contributed by atoms with E-state index >= 15 is 0 Å². The molecule has 1 aromatic carbocycles. The summed E-state index contributed by atoms with van der Waals surface area (Å²) < 4.78 is 38.5. The number of hydrogen-bond donors (Lipinski definition) is 1. The smallest absolute Gasteiger partial charge is 0.451 e. The molecule has 0 radical (unpaired) electrons. The Balaban J connectivity index is 2.62. The van der Waals surface area contributed by atoms with Crippen molar-refractivity contribution in [1.82, 2.24) is 14.8 Å². The summed E-state index contributed by atoms with van der Waals surface area (Å²) in [7, 11) is 0. The fourth-order valence-corrected chi connectivity index (χ4v) is 1.34. The molecule has 1 N–H and O–H groups in total. The number of alkyl halides is 3. The molecule has 18 heavy (non-hydrogen) atoms. The van der Waals surface area contributed by atoms with Gasteiger partial charge in [0.2, 0.25) is 5.82 Å². The number of hydrogen-bond acceptors (Lipinski definition) is 3. The summed E-state index contributed by atoms with van der Waals surface area (Å²) >= 11 is 0. The zero-order chi connectivity index (χ0) is 13.3. The van der Waals surface area contributed by atoms with E-state index in [1.54, 1.807) is 6.07 Å². The van der Waals surface area contributed by atoms with Gasteiger partial charge in [0, 0.05) is 0 Å². The van der Waals surface area contributed by atoms with Crippen LogP contribution in [0, 0.1) is 0 Å². The van der Waals surface area contributed by atoms with E-state index in [9.17, 15) is 18.0 Å². The zero-order valence-electron chi connectivity index (χ0n) is 8.72. The lowest BCUT2D eigenvalue weighted by molar-refractivity contribution is -0.146.